The smallest absolute Gasteiger partial charge is 0.167 e. The molecule has 0 unspecified atom stereocenters. The van der Waals surface area contributed by atoms with Crippen LogP contribution in [0.1, 0.15) is 61.3 Å². The number of ketones is 2. The van der Waals surface area contributed by atoms with E-state index in [4.69, 9.17) is 0 Å². The maximum atomic E-state index is 12.2. The fourth-order valence-electron chi connectivity index (χ4n) is 3.08. The molecule has 0 fully saturated rings. The average Bonchev–Trinajstić information content (AvgIpc) is 2.23. The third-order valence-electron chi connectivity index (χ3n) is 3.91. The van der Waals surface area contributed by atoms with Crippen molar-refractivity contribution in [3.8, 4) is 0 Å². The molecule has 0 bridgehead atoms. The number of hydrogen-bond donors (Lipinski definition) is 2. The van der Waals surface area contributed by atoms with E-state index < -0.39 is 0 Å². The van der Waals surface area contributed by atoms with E-state index in [9.17, 15) is 9.59 Å². The number of benzene rings is 1. The molecule has 0 saturated heterocycles. The van der Waals surface area contributed by atoms with Gasteiger partial charge in [0.05, 0.1) is 0 Å². The van der Waals surface area contributed by atoms with E-state index in [1.54, 1.807) is 6.07 Å². The zero-order valence-electron chi connectivity index (χ0n) is 12.4. The fraction of sp³-hybridized carbons (Fsp3) is 0.500. The first-order chi connectivity index (χ1) is 9.17. The summed E-state index contributed by atoms with van der Waals surface area (Å²) >= 11 is 0. The monoisotopic (exact) mass is 272 g/mol. The van der Waals surface area contributed by atoms with Gasteiger partial charge in [0.2, 0.25) is 0 Å². The van der Waals surface area contributed by atoms with Gasteiger partial charge in [-0.1, -0.05) is 0 Å². The lowest BCUT2D eigenvalue weighted by Crippen LogP contribution is -2.40. The van der Waals surface area contributed by atoms with Gasteiger partial charge < -0.3 is 10.6 Å². The molecule has 4 nitrogen and oxygen atoms in total. The van der Waals surface area contributed by atoms with Gasteiger partial charge in [-0.3, -0.25) is 9.59 Å². The highest BCUT2D eigenvalue weighted by Gasteiger charge is 2.35. The van der Waals surface area contributed by atoms with Gasteiger partial charge in [-0.15, -0.1) is 0 Å². The molecule has 2 aliphatic rings. The third-order valence-corrected chi connectivity index (χ3v) is 3.91. The lowest BCUT2D eigenvalue weighted by atomic mass is 9.83. The molecule has 0 aliphatic carbocycles. The highest BCUT2D eigenvalue weighted by Crippen LogP contribution is 2.38. The van der Waals surface area contributed by atoms with E-state index >= 15 is 0 Å². The van der Waals surface area contributed by atoms with Crippen molar-refractivity contribution < 1.29 is 9.59 Å². The van der Waals surface area contributed by atoms with Crippen molar-refractivity contribution in [2.75, 3.05) is 10.6 Å². The lowest BCUT2D eigenvalue weighted by molar-refractivity contribution is 0.0957. The van der Waals surface area contributed by atoms with Crippen LogP contribution in [0.25, 0.3) is 0 Å². The number of fused-ring (bicyclic) bond motifs is 2. The van der Waals surface area contributed by atoms with Crippen molar-refractivity contribution in [1.29, 1.82) is 0 Å². The summed E-state index contributed by atoms with van der Waals surface area (Å²) in [7, 11) is 0. The van der Waals surface area contributed by atoms with Crippen LogP contribution in [0, 0.1) is 0 Å². The van der Waals surface area contributed by atoms with Gasteiger partial charge in [-0.05, 0) is 39.8 Å². The second-order valence-electron chi connectivity index (χ2n) is 7.16. The van der Waals surface area contributed by atoms with E-state index in [-0.39, 0.29) is 22.6 Å². The first kappa shape index (κ1) is 13.2. The van der Waals surface area contributed by atoms with E-state index in [1.807, 2.05) is 33.8 Å². The molecule has 1 aromatic carbocycles. The summed E-state index contributed by atoms with van der Waals surface area (Å²) < 4.78 is 0. The van der Waals surface area contributed by atoms with Crippen LogP contribution in [0.15, 0.2) is 12.1 Å². The first-order valence-electron chi connectivity index (χ1n) is 6.98. The predicted octanol–water partition coefficient (Wildman–Crippen LogP) is 3.24. The Kier molecular flexibility index (Phi) is 2.53. The highest BCUT2D eigenvalue weighted by atomic mass is 16.1. The number of nitrogens with one attached hydrogen (secondary N) is 2. The topological polar surface area (TPSA) is 58.2 Å². The number of hydrogen-bond acceptors (Lipinski definition) is 4. The lowest BCUT2D eigenvalue weighted by Gasteiger charge is -2.36. The maximum Gasteiger partial charge on any atom is 0.167 e. The molecular formula is C16H20N2O2. The summed E-state index contributed by atoms with van der Waals surface area (Å²) in [6, 6.07) is 3.65. The van der Waals surface area contributed by atoms with Crippen LogP contribution in [0.4, 0.5) is 11.4 Å². The fourth-order valence-corrected chi connectivity index (χ4v) is 3.08. The zero-order chi connectivity index (χ0) is 14.7. The molecule has 3 rings (SSSR count). The summed E-state index contributed by atoms with van der Waals surface area (Å²) in [5, 5.41) is 6.77. The Labute approximate surface area is 118 Å². The zero-order valence-corrected chi connectivity index (χ0v) is 12.4. The number of Topliss-reactive ketones (excluding diaryl/α,β-unsaturated/α-hetero) is 2. The summed E-state index contributed by atoms with van der Waals surface area (Å²) in [5.41, 5.74) is 2.43. The van der Waals surface area contributed by atoms with E-state index in [0.29, 0.717) is 24.0 Å². The van der Waals surface area contributed by atoms with Crippen molar-refractivity contribution in [3.63, 3.8) is 0 Å². The number of rotatable bonds is 0. The van der Waals surface area contributed by atoms with Crippen LogP contribution in [0.5, 0.6) is 0 Å². The van der Waals surface area contributed by atoms with Gasteiger partial charge >= 0.3 is 0 Å². The van der Waals surface area contributed by atoms with Crippen LogP contribution in [-0.2, 0) is 0 Å². The van der Waals surface area contributed by atoms with Gasteiger partial charge in [0.25, 0.3) is 0 Å². The van der Waals surface area contributed by atoms with Crippen LogP contribution < -0.4 is 10.6 Å². The summed E-state index contributed by atoms with van der Waals surface area (Å²) in [6.45, 7) is 8.04. The Balaban J connectivity index is 2.13. The van der Waals surface area contributed by atoms with E-state index in [2.05, 4.69) is 10.6 Å². The molecule has 0 saturated carbocycles. The van der Waals surface area contributed by atoms with Crippen LogP contribution in [-0.4, -0.2) is 22.6 Å². The summed E-state index contributed by atoms with van der Waals surface area (Å²) in [4.78, 5) is 24.5. The molecule has 0 atom stereocenters. The van der Waals surface area contributed by atoms with Gasteiger partial charge in [-0.2, -0.15) is 0 Å². The molecule has 0 aromatic heterocycles. The molecule has 2 heterocycles. The molecule has 20 heavy (non-hydrogen) atoms. The number of anilines is 2. The average molecular weight is 272 g/mol. The van der Waals surface area contributed by atoms with Crippen LogP contribution in [0.3, 0.4) is 0 Å². The molecule has 0 spiro atoms. The highest BCUT2D eigenvalue weighted by molar-refractivity contribution is 6.11. The van der Waals surface area contributed by atoms with Crippen molar-refractivity contribution in [1.82, 2.24) is 0 Å². The molecule has 2 N–H and O–H groups in total. The van der Waals surface area contributed by atoms with Crippen molar-refractivity contribution >= 4 is 22.9 Å². The maximum absolute atomic E-state index is 12.2. The SMILES string of the molecule is CC1(C)CC(=O)c2cc3c(cc2N1)NC(C)(C)CC3=O. The molecule has 4 heteroatoms. The van der Waals surface area contributed by atoms with Gasteiger partial charge in [0, 0.05) is 46.4 Å². The second-order valence-corrected chi connectivity index (χ2v) is 7.16. The summed E-state index contributed by atoms with van der Waals surface area (Å²) in [6.07, 6.45) is 0.901. The molecule has 2 aliphatic heterocycles. The Morgan fingerprint density at radius 2 is 1.20 bits per heavy atom. The predicted molar refractivity (Wildman–Crippen MR) is 79.7 cm³/mol. The Hall–Kier alpha value is -1.84. The van der Waals surface area contributed by atoms with Crippen LogP contribution in [0.2, 0.25) is 0 Å². The van der Waals surface area contributed by atoms with Crippen molar-refractivity contribution in [2.24, 2.45) is 0 Å². The number of carbonyl (C=O) groups excluding carboxylic acids is 2. The van der Waals surface area contributed by atoms with Crippen molar-refractivity contribution in [3.05, 3.63) is 23.3 Å². The minimum Gasteiger partial charge on any atom is -0.379 e. The molecule has 106 valence electrons. The molecule has 0 amide bonds. The molecule has 0 radical (unpaired) electrons. The Morgan fingerprint density at radius 1 is 0.800 bits per heavy atom. The van der Waals surface area contributed by atoms with Gasteiger partial charge in [0.1, 0.15) is 0 Å². The summed E-state index contributed by atoms with van der Waals surface area (Å²) in [5.74, 6) is 0.202. The van der Waals surface area contributed by atoms with Crippen LogP contribution >= 0.6 is 0 Å². The Bertz CT molecular complexity index is 578. The van der Waals surface area contributed by atoms with Gasteiger partial charge in [-0.25, -0.2) is 0 Å². The quantitative estimate of drug-likeness (QED) is 0.761. The standard InChI is InChI=1S/C16H20N2O2/c1-15(2)7-13(19)9-5-10-12(6-11(9)17-15)18-16(3,4)8-14(10)20/h5-6,17-18H,7-8H2,1-4H3. The minimum atomic E-state index is -0.244. The van der Waals surface area contributed by atoms with E-state index in [1.165, 1.54) is 0 Å². The third kappa shape index (κ3) is 2.09. The normalized spacial score (nSPS) is 22.4. The van der Waals surface area contributed by atoms with E-state index in [0.717, 1.165) is 11.4 Å². The molecule has 1 aromatic rings. The molecular weight excluding hydrogens is 252 g/mol. The van der Waals surface area contributed by atoms with Gasteiger partial charge in [0.15, 0.2) is 11.6 Å². The van der Waals surface area contributed by atoms with Crippen molar-refractivity contribution in [2.45, 2.75) is 51.6 Å². The minimum absolute atomic E-state index is 0.101. The second kappa shape index (κ2) is 3.84. The number of carbonyl (C=O) groups is 2. The first-order valence-corrected chi connectivity index (χ1v) is 6.98. The largest absolute Gasteiger partial charge is 0.379 e. The Morgan fingerprint density at radius 3 is 1.60 bits per heavy atom.